The number of carboxylic acids is 1. The van der Waals surface area contributed by atoms with Crippen LogP contribution < -0.4 is 0 Å². The Morgan fingerprint density at radius 3 is 2.42 bits per heavy atom. The number of hydrogen-bond acceptors (Lipinski definition) is 3. The van der Waals surface area contributed by atoms with Gasteiger partial charge in [0.15, 0.2) is 0 Å². The second kappa shape index (κ2) is 4.36. The van der Waals surface area contributed by atoms with Crippen LogP contribution in [-0.2, 0) is 17.1 Å². The standard InChI is InChI=1S/C12H14N2O4S/c1-13(2)19(17,18)9-4-5-10-8(6-9)7-11(12(15)16)14(10)3/h4-7H,1-3H3,(H,15,16). The van der Waals surface area contributed by atoms with Gasteiger partial charge in [0.2, 0.25) is 10.0 Å². The van der Waals surface area contributed by atoms with Crippen LogP contribution in [0.4, 0.5) is 0 Å². The van der Waals surface area contributed by atoms with Gasteiger partial charge in [-0.3, -0.25) is 0 Å². The van der Waals surface area contributed by atoms with Crippen LogP contribution in [0.15, 0.2) is 29.2 Å². The SMILES string of the molecule is CN(C)S(=O)(=O)c1ccc2c(c1)cc(C(=O)O)n2C. The minimum Gasteiger partial charge on any atom is -0.477 e. The second-order valence-corrected chi connectivity index (χ2v) is 6.55. The van der Waals surface area contributed by atoms with Crippen molar-refractivity contribution in [3.8, 4) is 0 Å². The number of aromatic carboxylic acids is 1. The highest BCUT2D eigenvalue weighted by Crippen LogP contribution is 2.23. The fraction of sp³-hybridized carbons (Fsp3) is 0.250. The largest absolute Gasteiger partial charge is 0.477 e. The molecule has 7 heteroatoms. The zero-order valence-electron chi connectivity index (χ0n) is 10.8. The lowest BCUT2D eigenvalue weighted by Crippen LogP contribution is -2.22. The third-order valence-electron chi connectivity index (χ3n) is 3.01. The highest BCUT2D eigenvalue weighted by molar-refractivity contribution is 7.89. The van der Waals surface area contributed by atoms with Crippen molar-refractivity contribution in [1.82, 2.24) is 8.87 Å². The molecule has 0 saturated heterocycles. The van der Waals surface area contributed by atoms with Crippen molar-refractivity contribution in [2.75, 3.05) is 14.1 Å². The fourth-order valence-corrected chi connectivity index (χ4v) is 2.84. The van der Waals surface area contributed by atoms with E-state index in [1.165, 1.54) is 36.9 Å². The Morgan fingerprint density at radius 1 is 1.26 bits per heavy atom. The number of aryl methyl sites for hydroxylation is 1. The van der Waals surface area contributed by atoms with Crippen molar-refractivity contribution < 1.29 is 18.3 Å². The zero-order valence-corrected chi connectivity index (χ0v) is 11.6. The predicted octanol–water partition coefficient (Wildman–Crippen LogP) is 1.13. The van der Waals surface area contributed by atoms with Crippen molar-refractivity contribution in [1.29, 1.82) is 0 Å². The van der Waals surface area contributed by atoms with Gasteiger partial charge in [0.25, 0.3) is 0 Å². The maximum Gasteiger partial charge on any atom is 0.352 e. The molecule has 2 aromatic rings. The van der Waals surface area contributed by atoms with E-state index in [-0.39, 0.29) is 10.6 Å². The molecule has 0 amide bonds. The number of aromatic nitrogens is 1. The van der Waals surface area contributed by atoms with Gasteiger partial charge in [0.1, 0.15) is 5.69 Å². The molecule has 0 unspecified atom stereocenters. The number of sulfonamides is 1. The van der Waals surface area contributed by atoms with Crippen molar-refractivity contribution in [2.24, 2.45) is 7.05 Å². The summed E-state index contributed by atoms with van der Waals surface area (Å²) in [5, 5.41) is 9.62. The van der Waals surface area contributed by atoms with Crippen LogP contribution in [0.5, 0.6) is 0 Å². The second-order valence-electron chi connectivity index (χ2n) is 4.40. The number of carbonyl (C=O) groups is 1. The van der Waals surface area contributed by atoms with Crippen molar-refractivity contribution in [2.45, 2.75) is 4.90 Å². The van der Waals surface area contributed by atoms with Crippen molar-refractivity contribution >= 4 is 26.9 Å². The molecule has 0 aliphatic heterocycles. The molecular formula is C12H14N2O4S. The topological polar surface area (TPSA) is 79.6 Å². The molecule has 19 heavy (non-hydrogen) atoms. The van der Waals surface area contributed by atoms with Crippen LogP contribution in [0, 0.1) is 0 Å². The molecule has 0 bridgehead atoms. The van der Waals surface area contributed by atoms with Gasteiger partial charge in [-0.05, 0) is 24.3 Å². The summed E-state index contributed by atoms with van der Waals surface area (Å²) in [7, 11) is 1.02. The quantitative estimate of drug-likeness (QED) is 0.915. The zero-order chi connectivity index (χ0) is 14.4. The summed E-state index contributed by atoms with van der Waals surface area (Å²) in [4.78, 5) is 11.2. The number of benzene rings is 1. The molecule has 1 N–H and O–H groups in total. The average molecular weight is 282 g/mol. The molecule has 1 heterocycles. The van der Waals surface area contributed by atoms with Crippen LogP contribution in [0.25, 0.3) is 10.9 Å². The molecule has 0 radical (unpaired) electrons. The van der Waals surface area contributed by atoms with E-state index in [0.717, 1.165) is 4.31 Å². The molecule has 0 fully saturated rings. The fourth-order valence-electron chi connectivity index (χ4n) is 1.90. The molecule has 0 atom stereocenters. The molecule has 0 aliphatic rings. The summed E-state index contributed by atoms with van der Waals surface area (Å²) in [6.45, 7) is 0. The van der Waals surface area contributed by atoms with Gasteiger partial charge in [0.05, 0.1) is 4.90 Å². The first-order valence-electron chi connectivity index (χ1n) is 5.50. The Morgan fingerprint density at radius 2 is 1.89 bits per heavy atom. The Hall–Kier alpha value is -1.86. The summed E-state index contributed by atoms with van der Waals surface area (Å²) in [6, 6.07) is 6.03. The lowest BCUT2D eigenvalue weighted by molar-refractivity contribution is 0.0687. The first-order valence-corrected chi connectivity index (χ1v) is 6.94. The molecule has 2 rings (SSSR count). The Kier molecular flexibility index (Phi) is 3.11. The molecule has 102 valence electrons. The Balaban J connectivity index is 2.69. The molecule has 6 nitrogen and oxygen atoms in total. The van der Waals surface area contributed by atoms with Crippen LogP contribution in [0.3, 0.4) is 0 Å². The molecule has 1 aromatic heterocycles. The highest BCUT2D eigenvalue weighted by atomic mass is 32.2. The van der Waals surface area contributed by atoms with Gasteiger partial charge in [-0.2, -0.15) is 0 Å². The van der Waals surface area contributed by atoms with Gasteiger partial charge in [0, 0.05) is 32.0 Å². The average Bonchev–Trinajstić information content (AvgIpc) is 2.66. The summed E-state index contributed by atoms with van der Waals surface area (Å²) < 4.78 is 26.6. The number of fused-ring (bicyclic) bond motifs is 1. The van der Waals surface area contributed by atoms with E-state index in [9.17, 15) is 13.2 Å². The van der Waals surface area contributed by atoms with Gasteiger partial charge in [-0.25, -0.2) is 17.5 Å². The van der Waals surface area contributed by atoms with E-state index >= 15 is 0 Å². The van der Waals surface area contributed by atoms with Crippen LogP contribution in [-0.4, -0.2) is 42.5 Å². The number of carboxylic acid groups (broad SMARTS) is 1. The van der Waals surface area contributed by atoms with E-state index in [4.69, 9.17) is 5.11 Å². The van der Waals surface area contributed by atoms with E-state index in [2.05, 4.69) is 0 Å². The van der Waals surface area contributed by atoms with Gasteiger partial charge in [-0.15, -0.1) is 0 Å². The lowest BCUT2D eigenvalue weighted by Gasteiger charge is -2.11. The minimum atomic E-state index is -3.52. The first-order chi connectivity index (χ1) is 8.75. The van der Waals surface area contributed by atoms with Crippen LogP contribution in [0.2, 0.25) is 0 Å². The van der Waals surface area contributed by atoms with E-state index in [1.54, 1.807) is 13.1 Å². The van der Waals surface area contributed by atoms with E-state index < -0.39 is 16.0 Å². The number of nitrogens with zero attached hydrogens (tertiary/aromatic N) is 2. The van der Waals surface area contributed by atoms with Gasteiger partial charge >= 0.3 is 5.97 Å². The monoisotopic (exact) mass is 282 g/mol. The molecule has 0 spiro atoms. The van der Waals surface area contributed by atoms with Crippen molar-refractivity contribution in [3.63, 3.8) is 0 Å². The summed E-state index contributed by atoms with van der Waals surface area (Å²) in [5.41, 5.74) is 0.796. The summed E-state index contributed by atoms with van der Waals surface area (Å²) >= 11 is 0. The first kappa shape index (κ1) is 13.6. The van der Waals surface area contributed by atoms with Gasteiger partial charge < -0.3 is 9.67 Å². The Labute approximate surface area is 110 Å². The van der Waals surface area contributed by atoms with Crippen molar-refractivity contribution in [3.05, 3.63) is 30.0 Å². The molecular weight excluding hydrogens is 268 g/mol. The third-order valence-corrected chi connectivity index (χ3v) is 4.82. The van der Waals surface area contributed by atoms with E-state index in [0.29, 0.717) is 10.9 Å². The predicted molar refractivity (Wildman–Crippen MR) is 70.8 cm³/mol. The molecule has 1 aromatic carbocycles. The third kappa shape index (κ3) is 2.11. The molecule has 0 saturated carbocycles. The van der Waals surface area contributed by atoms with Crippen LogP contribution >= 0.6 is 0 Å². The normalized spacial score (nSPS) is 12.2. The van der Waals surface area contributed by atoms with Crippen LogP contribution in [0.1, 0.15) is 10.5 Å². The highest BCUT2D eigenvalue weighted by Gasteiger charge is 2.19. The minimum absolute atomic E-state index is 0.120. The smallest absolute Gasteiger partial charge is 0.352 e. The maximum atomic E-state index is 12.0. The number of hydrogen-bond donors (Lipinski definition) is 1. The van der Waals surface area contributed by atoms with Gasteiger partial charge in [-0.1, -0.05) is 0 Å². The number of rotatable bonds is 3. The maximum absolute atomic E-state index is 12.0. The van der Waals surface area contributed by atoms with E-state index in [1.807, 2.05) is 0 Å². The Bertz CT molecular complexity index is 759. The lowest BCUT2D eigenvalue weighted by atomic mass is 10.2. The molecule has 0 aliphatic carbocycles. The summed E-state index contributed by atoms with van der Waals surface area (Å²) in [6.07, 6.45) is 0. The summed E-state index contributed by atoms with van der Waals surface area (Å²) in [5.74, 6) is -1.05.